The van der Waals surface area contributed by atoms with Crippen molar-refractivity contribution < 1.29 is 0 Å². The molecule has 0 saturated carbocycles. The van der Waals surface area contributed by atoms with Crippen LogP contribution < -0.4 is 10.6 Å². The second-order valence-corrected chi connectivity index (χ2v) is 6.19. The third-order valence-electron chi connectivity index (χ3n) is 3.96. The highest BCUT2D eigenvalue weighted by Crippen LogP contribution is 2.29. The molecule has 0 radical (unpaired) electrons. The van der Waals surface area contributed by atoms with Gasteiger partial charge in [0.1, 0.15) is 0 Å². The molecular weight excluding hydrogens is 309 g/mol. The lowest BCUT2D eigenvalue weighted by molar-refractivity contribution is 0.416. The van der Waals surface area contributed by atoms with Gasteiger partial charge in [-0.3, -0.25) is 5.10 Å². The summed E-state index contributed by atoms with van der Waals surface area (Å²) in [6.45, 7) is 3.02. The second-order valence-electron chi connectivity index (χ2n) is 5.35. The van der Waals surface area contributed by atoms with E-state index in [9.17, 15) is 0 Å². The van der Waals surface area contributed by atoms with Crippen LogP contribution in [0, 0.1) is 0 Å². The maximum Gasteiger partial charge on any atom is 0.245 e. The van der Waals surface area contributed by atoms with Crippen molar-refractivity contribution in [2.45, 2.75) is 31.8 Å². The molecule has 3 N–H and O–H groups in total. The van der Waals surface area contributed by atoms with E-state index in [1.54, 1.807) is 12.1 Å². The van der Waals surface area contributed by atoms with Crippen molar-refractivity contribution in [1.82, 2.24) is 15.2 Å². The van der Waals surface area contributed by atoms with Gasteiger partial charge in [0.15, 0.2) is 5.82 Å². The first-order valence-corrected chi connectivity index (χ1v) is 7.72. The van der Waals surface area contributed by atoms with Gasteiger partial charge in [0.2, 0.25) is 5.95 Å². The zero-order valence-electron chi connectivity index (χ0n) is 11.7. The summed E-state index contributed by atoms with van der Waals surface area (Å²) in [5.41, 5.74) is 6.91. The normalized spacial score (nSPS) is 22.6. The van der Waals surface area contributed by atoms with Crippen LogP contribution in [-0.2, 0) is 0 Å². The summed E-state index contributed by atoms with van der Waals surface area (Å²) in [5.74, 6) is 1.30. The average molecular weight is 326 g/mol. The molecule has 1 fully saturated rings. The molecule has 1 aromatic heterocycles. The number of nitrogens with one attached hydrogen (secondary N) is 1. The number of H-pyrrole nitrogens is 1. The zero-order valence-corrected chi connectivity index (χ0v) is 13.2. The van der Waals surface area contributed by atoms with E-state index in [1.807, 2.05) is 6.07 Å². The smallest absolute Gasteiger partial charge is 0.245 e. The Morgan fingerprint density at radius 1 is 1.38 bits per heavy atom. The summed E-state index contributed by atoms with van der Waals surface area (Å²) in [4.78, 5) is 6.69. The van der Waals surface area contributed by atoms with Gasteiger partial charge in [-0.1, -0.05) is 23.2 Å². The molecule has 0 aliphatic carbocycles. The van der Waals surface area contributed by atoms with Crippen molar-refractivity contribution >= 4 is 29.2 Å². The number of hydrogen-bond donors (Lipinski definition) is 2. The molecule has 0 spiro atoms. The molecule has 2 unspecified atom stereocenters. The molecule has 0 amide bonds. The predicted molar refractivity (Wildman–Crippen MR) is 85.9 cm³/mol. The molecule has 2 atom stereocenters. The van der Waals surface area contributed by atoms with Gasteiger partial charge in [-0.2, -0.15) is 4.98 Å². The minimum absolute atomic E-state index is 0.153. The van der Waals surface area contributed by atoms with Crippen LogP contribution in [0.25, 0.3) is 11.4 Å². The Kier molecular flexibility index (Phi) is 4.06. The summed E-state index contributed by atoms with van der Waals surface area (Å²) in [6, 6.07) is 5.69. The van der Waals surface area contributed by atoms with E-state index in [1.165, 1.54) is 0 Å². The Labute approximate surface area is 133 Å². The lowest BCUT2D eigenvalue weighted by atomic mass is 9.99. The number of aromatic nitrogens is 3. The predicted octanol–water partition coefficient (Wildman–Crippen LogP) is 3.09. The summed E-state index contributed by atoms with van der Waals surface area (Å²) >= 11 is 12.1. The first-order valence-electron chi connectivity index (χ1n) is 6.96. The lowest BCUT2D eigenvalue weighted by Gasteiger charge is -2.36. The molecule has 5 nitrogen and oxygen atoms in total. The Bertz CT molecular complexity index is 642. The molecule has 1 aliphatic rings. The van der Waals surface area contributed by atoms with E-state index in [2.05, 4.69) is 27.0 Å². The molecule has 2 aromatic rings. The molecule has 0 bridgehead atoms. The number of halogens is 2. The number of rotatable bonds is 2. The fourth-order valence-corrected chi connectivity index (χ4v) is 3.14. The van der Waals surface area contributed by atoms with Crippen LogP contribution in [0.1, 0.15) is 19.8 Å². The Balaban J connectivity index is 1.89. The Morgan fingerprint density at radius 2 is 2.19 bits per heavy atom. The number of nitrogens with zero attached hydrogens (tertiary/aromatic N) is 3. The summed E-state index contributed by atoms with van der Waals surface area (Å²) < 4.78 is 0. The summed E-state index contributed by atoms with van der Waals surface area (Å²) in [7, 11) is 0. The van der Waals surface area contributed by atoms with Gasteiger partial charge >= 0.3 is 0 Å². The Hall–Kier alpha value is -1.30. The number of benzene rings is 1. The highest BCUT2D eigenvalue weighted by molar-refractivity contribution is 6.36. The van der Waals surface area contributed by atoms with Crippen LogP contribution in [0.15, 0.2) is 18.2 Å². The third kappa shape index (κ3) is 2.86. The lowest BCUT2D eigenvalue weighted by Crippen LogP contribution is -2.50. The van der Waals surface area contributed by atoms with Crippen molar-refractivity contribution in [2.24, 2.45) is 5.73 Å². The minimum atomic E-state index is 0.153. The van der Waals surface area contributed by atoms with E-state index in [-0.39, 0.29) is 12.1 Å². The Morgan fingerprint density at radius 3 is 2.95 bits per heavy atom. The highest BCUT2D eigenvalue weighted by atomic mass is 35.5. The van der Waals surface area contributed by atoms with E-state index in [4.69, 9.17) is 28.9 Å². The first-order chi connectivity index (χ1) is 10.1. The average Bonchev–Trinajstić information content (AvgIpc) is 2.91. The van der Waals surface area contributed by atoms with Crippen molar-refractivity contribution in [1.29, 1.82) is 0 Å². The van der Waals surface area contributed by atoms with Gasteiger partial charge in [-0.15, -0.1) is 5.10 Å². The maximum atomic E-state index is 6.21. The number of aromatic amines is 1. The van der Waals surface area contributed by atoms with Crippen LogP contribution in [0.3, 0.4) is 0 Å². The number of piperidine rings is 1. The largest absolute Gasteiger partial charge is 0.335 e. The van der Waals surface area contributed by atoms with E-state index < -0.39 is 0 Å². The fourth-order valence-electron chi connectivity index (χ4n) is 2.64. The van der Waals surface area contributed by atoms with E-state index >= 15 is 0 Å². The van der Waals surface area contributed by atoms with Crippen LogP contribution in [0.5, 0.6) is 0 Å². The van der Waals surface area contributed by atoms with Crippen molar-refractivity contribution in [3.63, 3.8) is 0 Å². The molecule has 3 rings (SSSR count). The van der Waals surface area contributed by atoms with Gasteiger partial charge in [0.25, 0.3) is 0 Å². The molecule has 21 heavy (non-hydrogen) atoms. The monoisotopic (exact) mass is 325 g/mol. The molecule has 1 aliphatic heterocycles. The van der Waals surface area contributed by atoms with Crippen LogP contribution in [0.2, 0.25) is 10.0 Å². The highest BCUT2D eigenvalue weighted by Gasteiger charge is 2.28. The second kappa shape index (κ2) is 5.83. The van der Waals surface area contributed by atoms with E-state index in [0.29, 0.717) is 21.8 Å². The molecule has 1 saturated heterocycles. The fraction of sp³-hybridized carbons (Fsp3) is 0.429. The van der Waals surface area contributed by atoms with Gasteiger partial charge in [0, 0.05) is 29.2 Å². The zero-order chi connectivity index (χ0) is 15.0. The minimum Gasteiger partial charge on any atom is -0.335 e. The molecular formula is C14H17Cl2N5. The van der Waals surface area contributed by atoms with Gasteiger partial charge in [-0.25, -0.2) is 0 Å². The van der Waals surface area contributed by atoms with Gasteiger partial charge in [-0.05, 0) is 38.0 Å². The topological polar surface area (TPSA) is 70.8 Å². The molecule has 1 aromatic carbocycles. The first kappa shape index (κ1) is 14.6. The molecule has 112 valence electrons. The van der Waals surface area contributed by atoms with Crippen molar-refractivity contribution in [3.05, 3.63) is 28.2 Å². The van der Waals surface area contributed by atoms with Crippen LogP contribution in [0.4, 0.5) is 5.95 Å². The number of anilines is 1. The third-order valence-corrected chi connectivity index (χ3v) is 4.51. The SMILES string of the molecule is CC1C(N)CCCN1c1n[nH]c(-c2ccc(Cl)cc2Cl)n1. The van der Waals surface area contributed by atoms with Crippen molar-refractivity contribution in [3.8, 4) is 11.4 Å². The maximum absolute atomic E-state index is 6.21. The van der Waals surface area contributed by atoms with Gasteiger partial charge in [0.05, 0.1) is 5.02 Å². The van der Waals surface area contributed by atoms with Crippen LogP contribution >= 0.6 is 23.2 Å². The van der Waals surface area contributed by atoms with Crippen LogP contribution in [-0.4, -0.2) is 33.8 Å². The standard InChI is InChI=1S/C14H17Cl2N5/c1-8-12(17)3-2-6-21(8)14-18-13(19-20-14)10-5-4-9(15)7-11(10)16/h4-5,7-8,12H,2-3,6,17H2,1H3,(H,18,19,20). The molecule has 7 heteroatoms. The number of nitrogens with two attached hydrogens (primary N) is 1. The molecule has 2 heterocycles. The summed E-state index contributed by atoms with van der Waals surface area (Å²) in [6.07, 6.45) is 2.09. The van der Waals surface area contributed by atoms with Gasteiger partial charge < -0.3 is 10.6 Å². The van der Waals surface area contributed by atoms with Crippen molar-refractivity contribution in [2.75, 3.05) is 11.4 Å². The summed E-state index contributed by atoms with van der Waals surface area (Å²) in [5, 5.41) is 8.40. The number of hydrogen-bond acceptors (Lipinski definition) is 4. The quantitative estimate of drug-likeness (QED) is 0.890. The van der Waals surface area contributed by atoms with E-state index in [0.717, 1.165) is 24.9 Å².